The summed E-state index contributed by atoms with van der Waals surface area (Å²) in [6.45, 7) is 4.33. The summed E-state index contributed by atoms with van der Waals surface area (Å²) in [4.78, 5) is 24.9. The molecule has 1 aliphatic rings. The van der Waals surface area contributed by atoms with Crippen LogP contribution in [-0.4, -0.2) is 49.9 Å². The summed E-state index contributed by atoms with van der Waals surface area (Å²) in [7, 11) is 0. The summed E-state index contributed by atoms with van der Waals surface area (Å²) < 4.78 is 5.30. The number of nitro groups is 1. The number of carbonyl (C=O) groups is 1. The Morgan fingerprint density at radius 1 is 1.28 bits per heavy atom. The van der Waals surface area contributed by atoms with Crippen molar-refractivity contribution < 1.29 is 14.5 Å². The van der Waals surface area contributed by atoms with Gasteiger partial charge in [0.15, 0.2) is 0 Å². The summed E-state index contributed by atoms with van der Waals surface area (Å²) in [6, 6.07) is 12.5. The molecule has 0 atom stereocenters. The molecular formula is C20H23N5O4. The smallest absolute Gasteiger partial charge is 0.293 e. The molecule has 9 heteroatoms. The lowest BCUT2D eigenvalue weighted by Crippen LogP contribution is -2.36. The number of anilines is 2. The van der Waals surface area contributed by atoms with Gasteiger partial charge in [0.25, 0.3) is 11.6 Å². The van der Waals surface area contributed by atoms with E-state index in [0.717, 1.165) is 11.3 Å². The number of nitrogens with zero attached hydrogens (tertiary/aromatic N) is 3. The van der Waals surface area contributed by atoms with Crippen molar-refractivity contribution in [2.75, 3.05) is 43.1 Å². The Morgan fingerprint density at radius 2 is 2.03 bits per heavy atom. The molecule has 0 saturated carbocycles. The zero-order chi connectivity index (χ0) is 20.6. The van der Waals surface area contributed by atoms with Crippen LogP contribution >= 0.6 is 0 Å². The number of hydrazone groups is 1. The van der Waals surface area contributed by atoms with E-state index in [-0.39, 0.29) is 18.1 Å². The summed E-state index contributed by atoms with van der Waals surface area (Å²) in [5.41, 5.74) is 5.42. The molecule has 1 aliphatic heterocycles. The molecule has 2 N–H and O–H groups in total. The molecular weight excluding hydrogens is 374 g/mol. The molecule has 1 heterocycles. The minimum absolute atomic E-state index is 0.00314. The van der Waals surface area contributed by atoms with Gasteiger partial charge >= 0.3 is 0 Å². The van der Waals surface area contributed by atoms with E-state index in [1.54, 1.807) is 12.1 Å². The molecule has 0 bridgehead atoms. The Bertz CT molecular complexity index is 909. The van der Waals surface area contributed by atoms with Gasteiger partial charge in [-0.25, -0.2) is 5.43 Å². The van der Waals surface area contributed by atoms with Gasteiger partial charge in [0.1, 0.15) is 5.69 Å². The van der Waals surface area contributed by atoms with Crippen LogP contribution in [0.15, 0.2) is 47.6 Å². The normalized spacial score (nSPS) is 14.0. The Balaban J connectivity index is 1.59. The van der Waals surface area contributed by atoms with Gasteiger partial charge in [-0.2, -0.15) is 5.10 Å². The third-order valence-electron chi connectivity index (χ3n) is 4.54. The second-order valence-corrected chi connectivity index (χ2v) is 6.57. The lowest BCUT2D eigenvalue weighted by Gasteiger charge is -2.28. The molecule has 1 fully saturated rings. The van der Waals surface area contributed by atoms with Gasteiger partial charge in [0, 0.05) is 30.4 Å². The van der Waals surface area contributed by atoms with Crippen LogP contribution in [0.2, 0.25) is 0 Å². The van der Waals surface area contributed by atoms with Crippen molar-refractivity contribution in [2.45, 2.75) is 6.92 Å². The molecule has 0 radical (unpaired) electrons. The molecule has 1 saturated heterocycles. The minimum atomic E-state index is -0.410. The van der Waals surface area contributed by atoms with Gasteiger partial charge in [0.2, 0.25) is 0 Å². The van der Waals surface area contributed by atoms with Crippen molar-refractivity contribution in [1.82, 2.24) is 5.43 Å². The van der Waals surface area contributed by atoms with E-state index < -0.39 is 4.92 Å². The summed E-state index contributed by atoms with van der Waals surface area (Å²) >= 11 is 0. The highest BCUT2D eigenvalue weighted by Gasteiger charge is 2.21. The maximum atomic E-state index is 11.9. The van der Waals surface area contributed by atoms with Crippen molar-refractivity contribution in [2.24, 2.45) is 5.10 Å². The monoisotopic (exact) mass is 397 g/mol. The number of hydrogen-bond acceptors (Lipinski definition) is 7. The molecule has 0 aromatic heterocycles. The van der Waals surface area contributed by atoms with Crippen LogP contribution in [-0.2, 0) is 9.53 Å². The highest BCUT2D eigenvalue weighted by Crippen LogP contribution is 2.29. The highest BCUT2D eigenvalue weighted by molar-refractivity contribution is 5.86. The topological polar surface area (TPSA) is 109 Å². The molecule has 0 unspecified atom stereocenters. The summed E-state index contributed by atoms with van der Waals surface area (Å²) in [5, 5.41) is 18.4. The van der Waals surface area contributed by atoms with Gasteiger partial charge < -0.3 is 15.0 Å². The van der Waals surface area contributed by atoms with Crippen molar-refractivity contribution >= 4 is 29.2 Å². The number of rotatable bonds is 7. The lowest BCUT2D eigenvalue weighted by atomic mass is 10.1. The Kier molecular flexibility index (Phi) is 6.75. The van der Waals surface area contributed by atoms with E-state index in [4.69, 9.17) is 4.74 Å². The predicted octanol–water partition coefficient (Wildman–Crippen LogP) is 2.30. The highest BCUT2D eigenvalue weighted by atomic mass is 16.6. The third-order valence-corrected chi connectivity index (χ3v) is 4.54. The van der Waals surface area contributed by atoms with Crippen LogP contribution < -0.4 is 15.6 Å². The fourth-order valence-corrected chi connectivity index (χ4v) is 3.00. The fraction of sp³-hybridized carbons (Fsp3) is 0.300. The first kappa shape index (κ1) is 20.3. The first-order valence-corrected chi connectivity index (χ1v) is 9.27. The van der Waals surface area contributed by atoms with Crippen LogP contribution in [0.1, 0.15) is 11.1 Å². The van der Waals surface area contributed by atoms with E-state index in [2.05, 4.69) is 15.8 Å². The molecule has 29 heavy (non-hydrogen) atoms. The zero-order valence-electron chi connectivity index (χ0n) is 16.1. The number of aryl methyl sites for hydroxylation is 1. The fourth-order valence-electron chi connectivity index (χ4n) is 3.00. The largest absolute Gasteiger partial charge is 0.378 e. The van der Waals surface area contributed by atoms with Crippen molar-refractivity contribution in [3.05, 3.63) is 63.7 Å². The molecule has 9 nitrogen and oxygen atoms in total. The van der Waals surface area contributed by atoms with E-state index in [0.29, 0.717) is 37.6 Å². The number of amides is 1. The average Bonchev–Trinajstić information content (AvgIpc) is 2.73. The predicted molar refractivity (Wildman–Crippen MR) is 112 cm³/mol. The number of hydrogen-bond donors (Lipinski definition) is 2. The summed E-state index contributed by atoms with van der Waals surface area (Å²) in [6.07, 6.45) is 1.39. The van der Waals surface area contributed by atoms with Crippen molar-refractivity contribution in [3.8, 4) is 0 Å². The van der Waals surface area contributed by atoms with Crippen LogP contribution in [0.5, 0.6) is 0 Å². The SMILES string of the molecule is Cc1ccccc1NCC(=O)NN=Cc1ccc(N2CCOCC2)c([N+](=O)[O-])c1. The zero-order valence-corrected chi connectivity index (χ0v) is 16.1. The maximum Gasteiger partial charge on any atom is 0.293 e. The minimum Gasteiger partial charge on any atom is -0.378 e. The second kappa shape index (κ2) is 9.65. The van der Waals surface area contributed by atoms with Gasteiger partial charge in [-0.1, -0.05) is 24.3 Å². The molecule has 152 valence electrons. The van der Waals surface area contributed by atoms with Crippen LogP contribution in [0.4, 0.5) is 17.1 Å². The molecule has 0 spiro atoms. The van der Waals surface area contributed by atoms with Gasteiger partial charge in [0.05, 0.1) is 30.9 Å². The van der Waals surface area contributed by atoms with Crippen molar-refractivity contribution in [3.63, 3.8) is 0 Å². The van der Waals surface area contributed by atoms with E-state index in [1.165, 1.54) is 12.3 Å². The van der Waals surface area contributed by atoms with Crippen LogP contribution in [0, 0.1) is 17.0 Å². The van der Waals surface area contributed by atoms with Crippen LogP contribution in [0.25, 0.3) is 0 Å². The van der Waals surface area contributed by atoms with Gasteiger partial charge in [-0.3, -0.25) is 14.9 Å². The Labute approximate surface area is 168 Å². The molecule has 3 rings (SSSR count). The van der Waals surface area contributed by atoms with Crippen LogP contribution in [0.3, 0.4) is 0 Å². The number of para-hydroxylation sites is 1. The number of nitro benzene ring substituents is 1. The maximum absolute atomic E-state index is 11.9. The van der Waals surface area contributed by atoms with E-state index in [9.17, 15) is 14.9 Å². The molecule has 1 amide bonds. The quantitative estimate of drug-likeness (QED) is 0.422. The number of nitrogens with one attached hydrogen (secondary N) is 2. The third kappa shape index (κ3) is 5.52. The average molecular weight is 397 g/mol. The molecule has 0 aliphatic carbocycles. The Morgan fingerprint density at radius 3 is 2.76 bits per heavy atom. The number of ether oxygens (including phenoxy) is 1. The molecule has 2 aromatic carbocycles. The van der Waals surface area contributed by atoms with Gasteiger partial charge in [-0.05, 0) is 24.6 Å². The van der Waals surface area contributed by atoms with Crippen molar-refractivity contribution in [1.29, 1.82) is 0 Å². The summed E-state index contributed by atoms with van der Waals surface area (Å²) in [5.74, 6) is -0.316. The standard InChI is InChI=1S/C20H23N5O4/c1-15-4-2-3-5-17(15)21-14-20(26)23-22-13-16-6-7-18(19(12-16)25(27)28)24-8-10-29-11-9-24/h2-7,12-13,21H,8-11,14H2,1H3,(H,23,26). The number of morpholine rings is 1. The molecule has 2 aromatic rings. The second-order valence-electron chi connectivity index (χ2n) is 6.57. The first-order valence-electron chi connectivity index (χ1n) is 9.27. The lowest BCUT2D eigenvalue weighted by molar-refractivity contribution is -0.384. The Hall–Kier alpha value is -3.46. The van der Waals surface area contributed by atoms with E-state index >= 15 is 0 Å². The first-order chi connectivity index (χ1) is 14.0. The number of carbonyl (C=O) groups excluding carboxylic acids is 1. The van der Waals surface area contributed by atoms with E-state index in [1.807, 2.05) is 36.1 Å². The van der Waals surface area contributed by atoms with Gasteiger partial charge in [-0.15, -0.1) is 0 Å². The number of benzene rings is 2.